The first-order valence-corrected chi connectivity index (χ1v) is 10.1. The van der Waals surface area contributed by atoms with Crippen LogP contribution in [-0.2, 0) is 13.3 Å². The van der Waals surface area contributed by atoms with Crippen molar-refractivity contribution in [3.63, 3.8) is 0 Å². The average molecular weight is 473 g/mol. The van der Waals surface area contributed by atoms with Gasteiger partial charge in [-0.25, -0.2) is 22.2 Å². The Hall–Kier alpha value is -4.15. The summed E-state index contributed by atoms with van der Waals surface area (Å²) >= 11 is 0. The first-order valence-electron chi connectivity index (χ1n) is 10.1. The summed E-state index contributed by atoms with van der Waals surface area (Å²) in [6.45, 7) is 3.47. The van der Waals surface area contributed by atoms with Gasteiger partial charge in [0.05, 0.1) is 18.4 Å². The lowest BCUT2D eigenvalue weighted by Gasteiger charge is -2.09. The Morgan fingerprint density at radius 2 is 1.82 bits per heavy atom. The van der Waals surface area contributed by atoms with Crippen LogP contribution in [0.1, 0.15) is 27.2 Å². The molecule has 0 bridgehead atoms. The summed E-state index contributed by atoms with van der Waals surface area (Å²) in [4.78, 5) is 12.5. The van der Waals surface area contributed by atoms with Crippen LogP contribution < -0.4 is 10.1 Å². The Morgan fingerprint density at radius 3 is 2.62 bits per heavy atom. The van der Waals surface area contributed by atoms with Crippen molar-refractivity contribution in [2.45, 2.75) is 27.1 Å². The second kappa shape index (κ2) is 9.38. The predicted octanol–water partition coefficient (Wildman–Crippen LogP) is 4.59. The van der Waals surface area contributed by atoms with Gasteiger partial charge in [0, 0.05) is 24.0 Å². The zero-order chi connectivity index (χ0) is 24.4. The molecule has 1 amide bonds. The van der Waals surface area contributed by atoms with E-state index in [4.69, 9.17) is 4.74 Å². The molecule has 176 valence electrons. The van der Waals surface area contributed by atoms with E-state index in [1.807, 2.05) is 32.0 Å². The lowest BCUT2D eigenvalue weighted by Crippen LogP contribution is -2.14. The topological polar surface area (TPSA) is 74.0 Å². The summed E-state index contributed by atoms with van der Waals surface area (Å²) in [5.41, 5.74) is 1.65. The third-order valence-corrected chi connectivity index (χ3v) is 4.99. The van der Waals surface area contributed by atoms with Crippen LogP contribution in [0.15, 0.2) is 48.9 Å². The van der Waals surface area contributed by atoms with Crippen molar-refractivity contribution in [1.82, 2.24) is 19.6 Å². The van der Waals surface area contributed by atoms with Gasteiger partial charge >= 0.3 is 0 Å². The highest BCUT2D eigenvalue weighted by Gasteiger charge is 2.20. The summed E-state index contributed by atoms with van der Waals surface area (Å²) in [7, 11) is 0. The molecule has 34 heavy (non-hydrogen) atoms. The minimum absolute atomic E-state index is 0.0981. The number of carbonyl (C=O) groups excluding carboxylic acids is 1. The highest BCUT2D eigenvalue weighted by molar-refractivity contribution is 6.02. The number of aromatic nitrogens is 4. The molecule has 4 aromatic rings. The molecular formula is C23H19F4N5O2. The highest BCUT2D eigenvalue weighted by atomic mass is 19.2. The Labute approximate surface area is 191 Å². The number of rotatable bonds is 7. The summed E-state index contributed by atoms with van der Waals surface area (Å²) in [5, 5.41) is 10.6. The fraction of sp³-hybridized carbons (Fsp3) is 0.174. The number of aryl methyl sites for hydroxylation is 2. The number of nitrogens with zero attached hydrogens (tertiary/aromatic N) is 4. The zero-order valence-corrected chi connectivity index (χ0v) is 18.2. The average Bonchev–Trinajstić information content (AvgIpc) is 3.45. The van der Waals surface area contributed by atoms with Crippen LogP contribution in [0, 0.1) is 37.1 Å². The minimum Gasteiger partial charge on any atom is -0.471 e. The maximum atomic E-state index is 13.9. The Morgan fingerprint density at radius 1 is 1.03 bits per heavy atom. The molecule has 0 spiro atoms. The van der Waals surface area contributed by atoms with Gasteiger partial charge in [-0.1, -0.05) is 12.1 Å². The van der Waals surface area contributed by atoms with E-state index in [9.17, 15) is 22.4 Å². The van der Waals surface area contributed by atoms with Gasteiger partial charge in [0.15, 0.2) is 29.9 Å². The van der Waals surface area contributed by atoms with Gasteiger partial charge in [0.25, 0.3) is 5.91 Å². The van der Waals surface area contributed by atoms with Crippen LogP contribution in [0.4, 0.5) is 23.2 Å². The van der Waals surface area contributed by atoms with Crippen molar-refractivity contribution in [2.75, 3.05) is 5.32 Å². The molecule has 11 heteroatoms. The van der Waals surface area contributed by atoms with Crippen LogP contribution in [0.5, 0.6) is 5.75 Å². The molecule has 7 nitrogen and oxygen atoms in total. The molecule has 0 aliphatic heterocycles. The maximum Gasteiger partial charge on any atom is 0.276 e. The van der Waals surface area contributed by atoms with E-state index in [2.05, 4.69) is 15.5 Å². The van der Waals surface area contributed by atoms with Crippen molar-refractivity contribution in [2.24, 2.45) is 0 Å². The van der Waals surface area contributed by atoms with E-state index in [1.165, 1.54) is 23.1 Å². The second-order valence-electron chi connectivity index (χ2n) is 7.61. The summed E-state index contributed by atoms with van der Waals surface area (Å²) < 4.78 is 62.5. The molecule has 2 aromatic heterocycles. The molecule has 2 heterocycles. The van der Waals surface area contributed by atoms with Gasteiger partial charge in [-0.2, -0.15) is 10.2 Å². The van der Waals surface area contributed by atoms with Crippen LogP contribution in [-0.4, -0.2) is 25.5 Å². The molecule has 1 N–H and O–H groups in total. The van der Waals surface area contributed by atoms with E-state index < -0.39 is 41.3 Å². The number of benzene rings is 2. The predicted molar refractivity (Wildman–Crippen MR) is 114 cm³/mol. The van der Waals surface area contributed by atoms with E-state index in [1.54, 1.807) is 6.20 Å². The molecule has 0 saturated carbocycles. The van der Waals surface area contributed by atoms with Gasteiger partial charge in [-0.15, -0.1) is 0 Å². The SMILES string of the molecule is Cc1ccc(C)c(OCn2ccc(C(=O)Nc3cnn(Cc4c(F)cc(F)c(F)c4F)c3)n2)c1. The van der Waals surface area contributed by atoms with Gasteiger partial charge < -0.3 is 10.1 Å². The van der Waals surface area contributed by atoms with Crippen LogP contribution >= 0.6 is 0 Å². The molecule has 4 rings (SSSR count). The van der Waals surface area contributed by atoms with Crippen molar-refractivity contribution in [3.8, 4) is 5.75 Å². The zero-order valence-electron chi connectivity index (χ0n) is 18.2. The van der Waals surface area contributed by atoms with E-state index in [0.717, 1.165) is 15.8 Å². The van der Waals surface area contributed by atoms with Gasteiger partial charge in [0.1, 0.15) is 11.6 Å². The normalized spacial score (nSPS) is 11.0. The number of carbonyl (C=O) groups is 1. The fourth-order valence-corrected chi connectivity index (χ4v) is 3.17. The summed E-state index contributed by atoms with van der Waals surface area (Å²) in [6, 6.07) is 7.59. The Bertz CT molecular complexity index is 1370. The molecule has 0 fully saturated rings. The van der Waals surface area contributed by atoms with Gasteiger partial charge in [-0.05, 0) is 37.1 Å². The monoisotopic (exact) mass is 473 g/mol. The molecule has 0 unspecified atom stereocenters. The maximum absolute atomic E-state index is 13.9. The van der Waals surface area contributed by atoms with Crippen LogP contribution in [0.3, 0.4) is 0 Å². The van der Waals surface area contributed by atoms with Crippen molar-refractivity contribution >= 4 is 11.6 Å². The minimum atomic E-state index is -1.77. The Balaban J connectivity index is 1.39. The van der Waals surface area contributed by atoms with Crippen LogP contribution in [0.2, 0.25) is 0 Å². The van der Waals surface area contributed by atoms with E-state index in [0.29, 0.717) is 5.75 Å². The smallest absolute Gasteiger partial charge is 0.276 e. The molecule has 0 radical (unpaired) electrons. The number of nitrogens with one attached hydrogen (secondary N) is 1. The lowest BCUT2D eigenvalue weighted by atomic mass is 10.1. The lowest BCUT2D eigenvalue weighted by molar-refractivity contribution is 0.102. The number of ether oxygens (including phenoxy) is 1. The highest BCUT2D eigenvalue weighted by Crippen LogP contribution is 2.21. The summed E-state index contributed by atoms with van der Waals surface area (Å²) in [5.74, 6) is -6.10. The molecule has 0 atom stereocenters. The van der Waals surface area contributed by atoms with Crippen molar-refractivity contribution < 1.29 is 27.1 Å². The van der Waals surface area contributed by atoms with E-state index >= 15 is 0 Å². The van der Waals surface area contributed by atoms with Gasteiger partial charge in [0.2, 0.25) is 0 Å². The molecule has 0 aliphatic rings. The number of hydrogen-bond donors (Lipinski definition) is 1. The van der Waals surface area contributed by atoms with Gasteiger partial charge in [-0.3, -0.25) is 9.48 Å². The summed E-state index contributed by atoms with van der Waals surface area (Å²) in [6.07, 6.45) is 4.12. The van der Waals surface area contributed by atoms with Crippen molar-refractivity contribution in [1.29, 1.82) is 0 Å². The number of halogens is 4. The Kier molecular flexibility index (Phi) is 6.35. The number of amides is 1. The van der Waals surface area contributed by atoms with Crippen LogP contribution in [0.25, 0.3) is 0 Å². The number of hydrogen-bond acceptors (Lipinski definition) is 4. The molecule has 0 aliphatic carbocycles. The molecule has 2 aromatic carbocycles. The first kappa shape index (κ1) is 23.0. The third-order valence-electron chi connectivity index (χ3n) is 4.99. The quantitative estimate of drug-likeness (QED) is 0.242. The standard InChI is InChI=1S/C23H19F4N5O2/c1-13-3-4-14(2)20(7-13)34-12-31-6-5-19(30-31)23(33)29-15-9-28-32(10-15)11-16-17(24)8-18(25)22(27)21(16)26/h3-10H,11-12H2,1-2H3,(H,29,33). The largest absolute Gasteiger partial charge is 0.471 e. The number of anilines is 1. The van der Waals surface area contributed by atoms with Crippen molar-refractivity contribution in [3.05, 3.63) is 94.6 Å². The molecule has 0 saturated heterocycles. The van der Waals surface area contributed by atoms with E-state index in [-0.39, 0.29) is 24.2 Å². The first-order chi connectivity index (χ1) is 16.2. The second-order valence-corrected chi connectivity index (χ2v) is 7.61. The fourth-order valence-electron chi connectivity index (χ4n) is 3.17. The molecular weight excluding hydrogens is 454 g/mol. The third kappa shape index (κ3) is 4.92.